The van der Waals surface area contributed by atoms with Crippen molar-refractivity contribution in [1.29, 1.82) is 5.26 Å². The molecule has 0 unspecified atom stereocenters. The van der Waals surface area contributed by atoms with Crippen LogP contribution in [0, 0.1) is 11.3 Å². The van der Waals surface area contributed by atoms with Gasteiger partial charge in [-0.3, -0.25) is 0 Å². The maximum atomic E-state index is 12.4. The second kappa shape index (κ2) is 5.47. The van der Waals surface area contributed by atoms with Gasteiger partial charge in [-0.05, 0) is 24.3 Å². The van der Waals surface area contributed by atoms with E-state index in [4.69, 9.17) is 10.00 Å². The lowest BCUT2D eigenvalue weighted by Gasteiger charge is -2.07. The average molecular weight is 277 g/mol. The number of nitriles is 1. The van der Waals surface area contributed by atoms with Crippen molar-refractivity contribution >= 4 is 17.1 Å². The summed E-state index contributed by atoms with van der Waals surface area (Å²) in [6.07, 6.45) is -0.529. The number of hydrogen-bond acceptors (Lipinski definition) is 4. The molecule has 3 rings (SSSR count). The zero-order valence-electron chi connectivity index (χ0n) is 11.1. The van der Waals surface area contributed by atoms with Gasteiger partial charge in [0.2, 0.25) is 0 Å². The van der Waals surface area contributed by atoms with Gasteiger partial charge in [-0.2, -0.15) is 5.26 Å². The Kier molecular flexibility index (Phi) is 3.36. The Balaban J connectivity index is 2.04. The summed E-state index contributed by atoms with van der Waals surface area (Å²) in [5, 5.41) is 8.89. The third kappa shape index (κ3) is 2.47. The lowest BCUT2D eigenvalue weighted by atomic mass is 10.3. The molecule has 2 aromatic carbocycles. The molecule has 0 aliphatic rings. The summed E-state index contributed by atoms with van der Waals surface area (Å²) in [4.78, 5) is 16.7. The van der Waals surface area contributed by atoms with E-state index >= 15 is 0 Å². The summed E-state index contributed by atoms with van der Waals surface area (Å²) in [5.41, 5.74) is 1.29. The standard InChI is InChI=1S/C16H11N3O2/c17-11-10-15-18-13-8-4-5-9-14(13)19(15)16(20)21-12-6-2-1-3-7-12/h1-9H,10H2. The molecule has 1 heterocycles. The van der Waals surface area contributed by atoms with Gasteiger partial charge in [0.05, 0.1) is 23.5 Å². The zero-order chi connectivity index (χ0) is 14.7. The molecule has 5 nitrogen and oxygen atoms in total. The van der Waals surface area contributed by atoms with E-state index in [2.05, 4.69) is 4.98 Å². The molecule has 5 heteroatoms. The van der Waals surface area contributed by atoms with Crippen LogP contribution in [0.5, 0.6) is 5.75 Å². The Morgan fingerprint density at radius 2 is 1.86 bits per heavy atom. The highest BCUT2D eigenvalue weighted by Gasteiger charge is 2.18. The van der Waals surface area contributed by atoms with Crippen LogP contribution in [0.15, 0.2) is 54.6 Å². The number of nitrogens with zero attached hydrogens (tertiary/aromatic N) is 3. The van der Waals surface area contributed by atoms with Gasteiger partial charge in [0.15, 0.2) is 0 Å². The SMILES string of the molecule is N#CCc1nc2ccccc2n1C(=O)Oc1ccccc1. The molecule has 1 aromatic heterocycles. The van der Waals surface area contributed by atoms with Crippen molar-refractivity contribution in [2.45, 2.75) is 6.42 Å². The number of carbonyl (C=O) groups is 1. The first-order chi connectivity index (χ1) is 10.3. The first-order valence-electron chi connectivity index (χ1n) is 6.40. The minimum atomic E-state index is -0.569. The number of para-hydroxylation sites is 3. The number of imidazole rings is 1. The molecule has 0 saturated carbocycles. The monoisotopic (exact) mass is 277 g/mol. The second-order valence-corrected chi connectivity index (χ2v) is 4.37. The Labute approximate surface area is 121 Å². The smallest absolute Gasteiger partial charge is 0.410 e. The van der Waals surface area contributed by atoms with E-state index in [0.29, 0.717) is 22.6 Å². The fourth-order valence-electron chi connectivity index (χ4n) is 2.10. The molecule has 0 aliphatic heterocycles. The van der Waals surface area contributed by atoms with Crippen LogP contribution in [0.3, 0.4) is 0 Å². The van der Waals surface area contributed by atoms with Crippen molar-refractivity contribution in [2.75, 3.05) is 0 Å². The average Bonchev–Trinajstić information content (AvgIpc) is 2.86. The van der Waals surface area contributed by atoms with Gasteiger partial charge in [-0.1, -0.05) is 30.3 Å². The zero-order valence-corrected chi connectivity index (χ0v) is 11.1. The number of hydrogen-bond donors (Lipinski definition) is 0. The largest absolute Gasteiger partial charge is 0.425 e. The number of ether oxygens (including phenoxy) is 1. The first kappa shape index (κ1) is 12.9. The summed E-state index contributed by atoms with van der Waals surface area (Å²) in [6, 6.07) is 18.0. The third-order valence-electron chi connectivity index (χ3n) is 3.00. The summed E-state index contributed by atoms with van der Waals surface area (Å²) in [6.45, 7) is 0. The van der Waals surface area contributed by atoms with Crippen LogP contribution >= 0.6 is 0 Å². The van der Waals surface area contributed by atoms with E-state index in [0.717, 1.165) is 0 Å². The molecular weight excluding hydrogens is 266 g/mol. The summed E-state index contributed by atoms with van der Waals surface area (Å²) < 4.78 is 6.67. The van der Waals surface area contributed by atoms with Crippen molar-refractivity contribution in [2.24, 2.45) is 0 Å². The Morgan fingerprint density at radius 3 is 2.62 bits per heavy atom. The molecule has 0 atom stereocenters. The predicted molar refractivity (Wildman–Crippen MR) is 76.9 cm³/mol. The maximum absolute atomic E-state index is 12.4. The van der Waals surface area contributed by atoms with Crippen LogP contribution in [0.25, 0.3) is 11.0 Å². The summed E-state index contributed by atoms with van der Waals surface area (Å²) in [5.74, 6) is 0.822. The topological polar surface area (TPSA) is 67.9 Å². The van der Waals surface area contributed by atoms with Crippen LogP contribution in [0.2, 0.25) is 0 Å². The van der Waals surface area contributed by atoms with Crippen LogP contribution in [-0.2, 0) is 6.42 Å². The van der Waals surface area contributed by atoms with E-state index < -0.39 is 6.09 Å². The number of aromatic nitrogens is 2. The molecule has 0 radical (unpaired) electrons. The third-order valence-corrected chi connectivity index (χ3v) is 3.00. The van der Waals surface area contributed by atoms with E-state index in [1.807, 2.05) is 24.3 Å². The Hall–Kier alpha value is -3.13. The molecule has 102 valence electrons. The molecule has 0 amide bonds. The molecule has 3 aromatic rings. The molecule has 0 bridgehead atoms. The van der Waals surface area contributed by atoms with Gasteiger partial charge >= 0.3 is 6.09 Å². The van der Waals surface area contributed by atoms with Crippen LogP contribution in [0.4, 0.5) is 4.79 Å². The molecule has 0 aliphatic carbocycles. The Morgan fingerprint density at radius 1 is 1.14 bits per heavy atom. The van der Waals surface area contributed by atoms with Crippen molar-refractivity contribution < 1.29 is 9.53 Å². The molecular formula is C16H11N3O2. The highest BCUT2D eigenvalue weighted by molar-refractivity contribution is 5.88. The fraction of sp³-hybridized carbons (Fsp3) is 0.0625. The highest BCUT2D eigenvalue weighted by Crippen LogP contribution is 2.18. The minimum Gasteiger partial charge on any atom is -0.410 e. The van der Waals surface area contributed by atoms with E-state index in [1.54, 1.807) is 36.4 Å². The predicted octanol–water partition coefficient (Wildman–Crippen LogP) is 3.15. The lowest BCUT2D eigenvalue weighted by molar-refractivity contribution is 0.202. The van der Waals surface area contributed by atoms with Crippen LogP contribution in [-0.4, -0.2) is 15.6 Å². The maximum Gasteiger partial charge on any atom is 0.425 e. The number of benzene rings is 2. The second-order valence-electron chi connectivity index (χ2n) is 4.37. The van der Waals surface area contributed by atoms with Crippen LogP contribution in [0.1, 0.15) is 5.82 Å². The van der Waals surface area contributed by atoms with Gasteiger partial charge in [0.1, 0.15) is 11.6 Å². The Bertz CT molecular complexity index is 832. The van der Waals surface area contributed by atoms with Crippen molar-refractivity contribution in [3.05, 3.63) is 60.4 Å². The fourth-order valence-corrected chi connectivity index (χ4v) is 2.10. The summed E-state index contributed by atoms with van der Waals surface area (Å²) in [7, 11) is 0. The first-order valence-corrected chi connectivity index (χ1v) is 6.40. The highest BCUT2D eigenvalue weighted by atomic mass is 16.6. The van der Waals surface area contributed by atoms with Gasteiger partial charge in [0.25, 0.3) is 0 Å². The van der Waals surface area contributed by atoms with Gasteiger partial charge in [-0.15, -0.1) is 0 Å². The van der Waals surface area contributed by atoms with Gasteiger partial charge in [-0.25, -0.2) is 14.3 Å². The molecule has 0 saturated heterocycles. The van der Waals surface area contributed by atoms with Crippen molar-refractivity contribution in [1.82, 2.24) is 9.55 Å². The number of fused-ring (bicyclic) bond motifs is 1. The number of carbonyl (C=O) groups excluding carboxylic acids is 1. The molecule has 21 heavy (non-hydrogen) atoms. The van der Waals surface area contributed by atoms with Crippen LogP contribution < -0.4 is 4.74 Å². The lowest BCUT2D eigenvalue weighted by Crippen LogP contribution is -2.19. The van der Waals surface area contributed by atoms with Gasteiger partial charge < -0.3 is 4.74 Å². The van der Waals surface area contributed by atoms with E-state index in [9.17, 15) is 4.79 Å². The van der Waals surface area contributed by atoms with Crippen molar-refractivity contribution in [3.63, 3.8) is 0 Å². The normalized spacial score (nSPS) is 10.2. The quantitative estimate of drug-likeness (QED) is 0.721. The van der Waals surface area contributed by atoms with E-state index in [-0.39, 0.29) is 6.42 Å². The summed E-state index contributed by atoms with van der Waals surface area (Å²) >= 11 is 0. The molecule has 0 N–H and O–H groups in total. The van der Waals surface area contributed by atoms with E-state index in [1.165, 1.54) is 4.57 Å². The number of rotatable bonds is 2. The molecule has 0 fully saturated rings. The van der Waals surface area contributed by atoms with Crippen molar-refractivity contribution in [3.8, 4) is 11.8 Å². The molecule has 0 spiro atoms. The minimum absolute atomic E-state index is 0.0402. The van der Waals surface area contributed by atoms with Gasteiger partial charge in [0, 0.05) is 0 Å².